The van der Waals surface area contributed by atoms with Crippen molar-refractivity contribution in [3.05, 3.63) is 108 Å². The number of nitrogens with one attached hydrogen (secondary N) is 1. The fourth-order valence-corrected chi connectivity index (χ4v) is 7.96. The van der Waals surface area contributed by atoms with Gasteiger partial charge < -0.3 is 24.5 Å². The molecular weight excluding hydrogens is 732 g/mol. The van der Waals surface area contributed by atoms with Gasteiger partial charge in [-0.3, -0.25) is 4.68 Å². The molecule has 6 rings (SSSR count). The quantitative estimate of drug-likeness (QED) is 0.0771. The van der Waals surface area contributed by atoms with Crippen LogP contribution in [-0.2, 0) is 41.8 Å². The Morgan fingerprint density at radius 3 is 2.39 bits per heavy atom. The molecule has 2 N–H and O–H groups in total. The summed E-state index contributed by atoms with van der Waals surface area (Å²) in [7, 11) is 0.426. The Morgan fingerprint density at radius 2 is 1.67 bits per heavy atom. The van der Waals surface area contributed by atoms with Crippen molar-refractivity contribution in [3.8, 4) is 22.6 Å². The Kier molecular flexibility index (Phi) is 11.1. The van der Waals surface area contributed by atoms with E-state index >= 15 is 0 Å². The molecule has 0 aliphatic carbocycles. The van der Waals surface area contributed by atoms with Crippen molar-refractivity contribution < 1.29 is 27.8 Å². The Morgan fingerprint density at radius 1 is 0.941 bits per heavy atom. The second kappa shape index (κ2) is 15.7. The van der Waals surface area contributed by atoms with Gasteiger partial charge in [0, 0.05) is 47.1 Å². The van der Waals surface area contributed by atoms with Crippen LogP contribution in [0, 0.1) is 0 Å². The molecule has 12 heteroatoms. The number of carboxylic acids is 1. The summed E-state index contributed by atoms with van der Waals surface area (Å²) in [6, 6.07) is 26.4. The van der Waals surface area contributed by atoms with Crippen molar-refractivity contribution in [2.24, 2.45) is 7.05 Å². The third-order valence-corrected chi connectivity index (χ3v) is 10.7. The van der Waals surface area contributed by atoms with Gasteiger partial charge in [-0.2, -0.15) is 5.10 Å². The number of alkyl halides is 1. The lowest BCUT2D eigenvalue weighted by Crippen LogP contribution is -2.15. The van der Waals surface area contributed by atoms with Crippen LogP contribution in [0.4, 0.5) is 0 Å². The molecule has 0 radical (unpaired) electrons. The van der Waals surface area contributed by atoms with Crippen molar-refractivity contribution in [1.29, 1.82) is 0 Å². The fraction of sp³-hybridized carbons (Fsp3) is 0.282. The van der Waals surface area contributed by atoms with Crippen LogP contribution < -0.4 is 14.8 Å². The average molecular weight is 774 g/mol. The summed E-state index contributed by atoms with van der Waals surface area (Å²) < 4.78 is 40.1. The number of hydrogen-bond donors (Lipinski definition) is 2. The first kappa shape index (κ1) is 36.2. The average Bonchev–Trinajstić information content (AvgIpc) is 3.62. The molecule has 0 spiro atoms. The van der Waals surface area contributed by atoms with E-state index in [1.165, 1.54) is 18.4 Å². The maximum absolute atomic E-state index is 13.1. The van der Waals surface area contributed by atoms with Crippen molar-refractivity contribution >= 4 is 53.4 Å². The number of aryl methyl sites for hydroxylation is 3. The number of ether oxygens (including phenoxy) is 2. The Hall–Kier alpha value is -4.65. The van der Waals surface area contributed by atoms with Crippen molar-refractivity contribution in [2.75, 3.05) is 26.5 Å². The molecule has 0 aliphatic rings. The SMILES string of the molecule is CNCCCn1c(C(=O)O)c(CCCOc2cccc3ccccc23)c2cccc(-c3c(COc4ccc(S(C)(=O)=O)cc4)nn(C)c3CBr)c21. The highest BCUT2D eigenvalue weighted by atomic mass is 79.9. The Balaban J connectivity index is 1.38. The first-order chi connectivity index (χ1) is 24.6. The van der Waals surface area contributed by atoms with Crippen molar-refractivity contribution in [3.63, 3.8) is 0 Å². The summed E-state index contributed by atoms with van der Waals surface area (Å²) in [5.74, 6) is 0.345. The predicted molar refractivity (Wildman–Crippen MR) is 204 cm³/mol. The second-order valence-corrected chi connectivity index (χ2v) is 15.0. The van der Waals surface area contributed by atoms with E-state index in [0.717, 1.165) is 62.8 Å². The third kappa shape index (κ3) is 7.68. The lowest BCUT2D eigenvalue weighted by Gasteiger charge is -2.14. The van der Waals surface area contributed by atoms with E-state index in [4.69, 9.17) is 14.6 Å². The zero-order valence-electron chi connectivity index (χ0n) is 28.9. The van der Waals surface area contributed by atoms with Gasteiger partial charge in [0.15, 0.2) is 9.84 Å². The highest BCUT2D eigenvalue weighted by Crippen LogP contribution is 2.39. The van der Waals surface area contributed by atoms with E-state index in [1.54, 1.807) is 12.1 Å². The van der Waals surface area contributed by atoms with Gasteiger partial charge in [0.05, 0.1) is 22.7 Å². The number of para-hydroxylation sites is 1. The summed E-state index contributed by atoms with van der Waals surface area (Å²) in [6.07, 6.45) is 3.04. The van der Waals surface area contributed by atoms with Gasteiger partial charge in [-0.1, -0.05) is 70.5 Å². The van der Waals surface area contributed by atoms with E-state index < -0.39 is 15.8 Å². The van der Waals surface area contributed by atoms with E-state index in [0.29, 0.717) is 42.8 Å². The summed E-state index contributed by atoms with van der Waals surface area (Å²) in [4.78, 5) is 13.3. The van der Waals surface area contributed by atoms with Gasteiger partial charge in [0.25, 0.3) is 0 Å². The van der Waals surface area contributed by atoms with Crippen LogP contribution in [0.2, 0.25) is 0 Å². The van der Waals surface area contributed by atoms with Crippen molar-refractivity contribution in [2.45, 2.75) is 42.6 Å². The molecule has 10 nitrogen and oxygen atoms in total. The zero-order chi connectivity index (χ0) is 36.1. The lowest BCUT2D eigenvalue weighted by molar-refractivity contribution is 0.0684. The first-order valence-electron chi connectivity index (χ1n) is 16.8. The summed E-state index contributed by atoms with van der Waals surface area (Å²) in [5, 5.41) is 22.3. The maximum Gasteiger partial charge on any atom is 0.352 e. The van der Waals surface area contributed by atoms with Gasteiger partial charge >= 0.3 is 5.97 Å². The third-order valence-electron chi connectivity index (χ3n) is 9.04. The number of fused-ring (bicyclic) bond motifs is 2. The van der Waals surface area contributed by atoms with E-state index in [9.17, 15) is 18.3 Å². The van der Waals surface area contributed by atoms with E-state index in [1.807, 2.05) is 71.9 Å². The molecule has 51 heavy (non-hydrogen) atoms. The van der Waals surface area contributed by atoms with Crippen LogP contribution >= 0.6 is 15.9 Å². The Labute approximate surface area is 306 Å². The molecule has 0 atom stereocenters. The highest BCUT2D eigenvalue weighted by molar-refractivity contribution is 9.08. The lowest BCUT2D eigenvalue weighted by atomic mass is 9.98. The van der Waals surface area contributed by atoms with E-state index in [2.05, 4.69) is 33.4 Å². The Bertz CT molecular complexity index is 2290. The van der Waals surface area contributed by atoms with Gasteiger partial charge in [-0.05, 0) is 74.1 Å². The highest BCUT2D eigenvalue weighted by Gasteiger charge is 2.27. The number of aromatic carboxylic acids is 1. The maximum atomic E-state index is 13.1. The minimum Gasteiger partial charge on any atom is -0.493 e. The number of sulfone groups is 1. The number of rotatable bonds is 16. The molecule has 0 fully saturated rings. The summed E-state index contributed by atoms with van der Waals surface area (Å²) in [6.45, 7) is 1.79. The van der Waals surface area contributed by atoms with Gasteiger partial charge in [0.1, 0.15) is 29.5 Å². The predicted octanol–water partition coefficient (Wildman–Crippen LogP) is 7.39. The van der Waals surface area contributed by atoms with Gasteiger partial charge in [0.2, 0.25) is 0 Å². The van der Waals surface area contributed by atoms with Crippen LogP contribution in [0.3, 0.4) is 0 Å². The van der Waals surface area contributed by atoms with Crippen LogP contribution in [0.5, 0.6) is 11.5 Å². The molecule has 6 aromatic rings. The van der Waals surface area contributed by atoms with Crippen LogP contribution in [0.15, 0.2) is 89.8 Å². The number of hydrogen-bond acceptors (Lipinski definition) is 7. The minimum atomic E-state index is -3.34. The number of halogens is 1. The van der Waals surface area contributed by atoms with Crippen LogP contribution in [-0.4, -0.2) is 60.3 Å². The van der Waals surface area contributed by atoms with Gasteiger partial charge in [-0.25, -0.2) is 13.2 Å². The standard InChI is InChI=1S/C39H41BrN4O6S/c1-41-21-9-22-44-37-30(31(38(44)39(45)46)15-8-23-49-35-16-6-11-26-10-4-5-12-29(26)35)13-7-14-32(37)36-33(42-43(2)34(36)24-40)25-50-27-17-19-28(20-18-27)51(3,47)48/h4-7,10-14,16-20,41H,8-9,15,21-25H2,1-3H3,(H,45,46). The smallest absolute Gasteiger partial charge is 0.352 e. The van der Waals surface area contributed by atoms with Crippen molar-refractivity contribution in [1.82, 2.24) is 19.7 Å². The molecule has 0 amide bonds. The minimum absolute atomic E-state index is 0.120. The molecule has 2 heterocycles. The monoisotopic (exact) mass is 772 g/mol. The molecule has 0 saturated heterocycles. The molecule has 0 saturated carbocycles. The van der Waals surface area contributed by atoms with Crippen LogP contribution in [0.25, 0.3) is 32.8 Å². The number of carboxylic acid groups (broad SMARTS) is 1. The molecule has 0 bridgehead atoms. The number of nitrogens with zero attached hydrogens (tertiary/aromatic N) is 3. The molecular formula is C39H41BrN4O6S. The molecule has 266 valence electrons. The summed E-state index contributed by atoms with van der Waals surface area (Å²) >= 11 is 3.66. The van der Waals surface area contributed by atoms with E-state index in [-0.39, 0.29) is 17.2 Å². The molecule has 4 aromatic carbocycles. The molecule has 0 aliphatic heterocycles. The zero-order valence-corrected chi connectivity index (χ0v) is 31.3. The second-order valence-electron chi connectivity index (χ2n) is 12.4. The number of aromatic nitrogens is 3. The fourth-order valence-electron chi connectivity index (χ4n) is 6.69. The molecule has 2 aromatic heterocycles. The first-order valence-corrected chi connectivity index (χ1v) is 19.8. The van der Waals surface area contributed by atoms with Gasteiger partial charge in [-0.15, -0.1) is 0 Å². The molecule has 0 unspecified atom stereocenters. The summed E-state index contributed by atoms with van der Waals surface area (Å²) in [5.41, 5.74) is 5.22. The normalized spacial score (nSPS) is 11.8. The number of benzene rings is 4. The largest absolute Gasteiger partial charge is 0.493 e. The topological polar surface area (TPSA) is 125 Å². The van der Waals surface area contributed by atoms with Crippen LogP contribution in [0.1, 0.15) is 40.3 Å². The number of carbonyl (C=O) groups is 1.